The lowest BCUT2D eigenvalue weighted by molar-refractivity contribution is -0.275. The number of carbonyl (C=O) groups excluding carboxylic acids is 1. The van der Waals surface area contributed by atoms with Gasteiger partial charge in [0.1, 0.15) is 19.0 Å². The van der Waals surface area contributed by atoms with E-state index in [1.54, 1.807) is 6.92 Å². The second kappa shape index (κ2) is 10.9. The maximum Gasteiger partial charge on any atom is 0.417 e. The van der Waals surface area contributed by atoms with Crippen LogP contribution in [0.2, 0.25) is 0 Å². The van der Waals surface area contributed by atoms with E-state index < -0.39 is 47.1 Å². The highest BCUT2D eigenvalue weighted by Crippen LogP contribution is 2.59. The first-order valence-electron chi connectivity index (χ1n) is 12.2. The first kappa shape index (κ1) is 28.4. The van der Waals surface area contributed by atoms with Crippen LogP contribution in [0.1, 0.15) is 54.1 Å². The molecule has 208 valence electrons. The molecule has 0 radical (unpaired) electrons. The van der Waals surface area contributed by atoms with Crippen LogP contribution in [-0.2, 0) is 22.6 Å². The van der Waals surface area contributed by atoms with E-state index >= 15 is 0 Å². The van der Waals surface area contributed by atoms with Crippen LogP contribution in [-0.4, -0.2) is 35.1 Å². The first-order chi connectivity index (χ1) is 18.4. The summed E-state index contributed by atoms with van der Waals surface area (Å²) in [6, 6.07) is 11.1. The zero-order valence-corrected chi connectivity index (χ0v) is 21.7. The van der Waals surface area contributed by atoms with Crippen LogP contribution in [0.5, 0.6) is 11.6 Å². The molecule has 0 amide bonds. The number of hydrogen-bond donors (Lipinski definition) is 0. The molecule has 2 heterocycles. The number of aryl methyl sites for hydroxylation is 1. The third-order valence-corrected chi connectivity index (χ3v) is 7.27. The van der Waals surface area contributed by atoms with Crippen molar-refractivity contribution in [3.05, 3.63) is 82.3 Å². The van der Waals surface area contributed by atoms with E-state index in [1.165, 1.54) is 13.0 Å². The van der Waals surface area contributed by atoms with E-state index in [2.05, 4.69) is 9.97 Å². The second-order valence-corrected chi connectivity index (χ2v) is 9.54. The molecule has 0 unspecified atom stereocenters. The summed E-state index contributed by atoms with van der Waals surface area (Å²) < 4.78 is 88.4. The SMILES string of the molecule is COc1c([C@H]2[C@H](c3nc(C)c(CC=O)c(OCc4ccccc4)n3)O[C@@](C)(C(F)(F)F)[C@H]2C)ccc(F)c1F. The number of alkyl halides is 3. The number of carbonyl (C=O) groups is 1. The van der Waals surface area contributed by atoms with Crippen molar-refractivity contribution in [1.82, 2.24) is 9.97 Å². The summed E-state index contributed by atoms with van der Waals surface area (Å²) in [6.07, 6.45) is -5.69. The highest BCUT2D eigenvalue weighted by molar-refractivity contribution is 5.57. The molecule has 0 bridgehead atoms. The van der Waals surface area contributed by atoms with E-state index in [4.69, 9.17) is 14.2 Å². The standard InChI is InChI=1S/C28H27F5N2O4/c1-15-21(19-10-11-20(29)22(30)23(19)37-4)24(39-27(15,3)28(31,32)33)25-34-16(2)18(12-13-36)26(35-25)38-14-17-8-6-5-7-9-17/h5-11,13,15,21,24H,12,14H2,1-4H3/t15-,21-,24+,27+/m0/s1. The molecule has 11 heteroatoms. The molecule has 2 aromatic carbocycles. The fourth-order valence-corrected chi connectivity index (χ4v) is 4.92. The van der Waals surface area contributed by atoms with Gasteiger partial charge in [0.25, 0.3) is 0 Å². The van der Waals surface area contributed by atoms with Crippen molar-refractivity contribution in [1.29, 1.82) is 0 Å². The predicted octanol–water partition coefficient (Wildman–Crippen LogP) is 6.20. The Labute approximate surface area is 222 Å². The number of aromatic nitrogens is 2. The van der Waals surface area contributed by atoms with E-state index in [-0.39, 0.29) is 30.3 Å². The molecule has 0 spiro atoms. The van der Waals surface area contributed by atoms with Gasteiger partial charge >= 0.3 is 6.18 Å². The van der Waals surface area contributed by atoms with Crippen molar-refractivity contribution in [2.75, 3.05) is 7.11 Å². The number of aldehydes is 1. The minimum Gasteiger partial charge on any atom is -0.493 e. The predicted molar refractivity (Wildman–Crippen MR) is 130 cm³/mol. The highest BCUT2D eigenvalue weighted by atomic mass is 19.4. The van der Waals surface area contributed by atoms with E-state index in [0.717, 1.165) is 25.7 Å². The fraction of sp³-hybridized carbons (Fsp3) is 0.393. The quantitative estimate of drug-likeness (QED) is 0.246. The molecule has 0 aliphatic carbocycles. The number of hydrogen-bond acceptors (Lipinski definition) is 6. The Morgan fingerprint density at radius 3 is 2.41 bits per heavy atom. The van der Waals surface area contributed by atoms with Gasteiger partial charge in [0, 0.05) is 35.1 Å². The number of methoxy groups -OCH3 is 1. The van der Waals surface area contributed by atoms with Crippen molar-refractivity contribution in [3.63, 3.8) is 0 Å². The van der Waals surface area contributed by atoms with Gasteiger partial charge in [-0.3, -0.25) is 0 Å². The maximum absolute atomic E-state index is 14.7. The van der Waals surface area contributed by atoms with E-state index in [9.17, 15) is 26.7 Å². The number of halogens is 5. The Morgan fingerprint density at radius 1 is 1.10 bits per heavy atom. The lowest BCUT2D eigenvalue weighted by atomic mass is 9.77. The molecular formula is C28H27F5N2O4. The molecule has 1 aliphatic rings. The van der Waals surface area contributed by atoms with Crippen LogP contribution in [0.25, 0.3) is 0 Å². The van der Waals surface area contributed by atoms with Gasteiger partial charge in [0.15, 0.2) is 23.0 Å². The molecule has 6 nitrogen and oxygen atoms in total. The van der Waals surface area contributed by atoms with Gasteiger partial charge in [-0.15, -0.1) is 0 Å². The maximum atomic E-state index is 14.7. The molecule has 0 N–H and O–H groups in total. The molecule has 4 rings (SSSR count). The van der Waals surface area contributed by atoms with Crippen molar-refractivity contribution < 1.29 is 41.0 Å². The van der Waals surface area contributed by atoms with Crippen LogP contribution >= 0.6 is 0 Å². The number of ether oxygens (including phenoxy) is 3. The number of benzene rings is 2. The lowest BCUT2D eigenvalue weighted by Gasteiger charge is -2.32. The van der Waals surface area contributed by atoms with E-state index in [1.807, 2.05) is 30.3 Å². The Hall–Kier alpha value is -3.60. The average molecular weight is 551 g/mol. The van der Waals surface area contributed by atoms with Gasteiger partial charge in [-0.1, -0.05) is 43.3 Å². The summed E-state index contributed by atoms with van der Waals surface area (Å²) in [7, 11) is 1.10. The minimum atomic E-state index is -4.82. The molecule has 1 fully saturated rings. The smallest absolute Gasteiger partial charge is 0.417 e. The summed E-state index contributed by atoms with van der Waals surface area (Å²) in [5.41, 5.74) is -1.22. The van der Waals surface area contributed by atoms with Gasteiger partial charge in [-0.2, -0.15) is 22.5 Å². The van der Waals surface area contributed by atoms with Gasteiger partial charge in [0.2, 0.25) is 11.7 Å². The van der Waals surface area contributed by atoms with Crippen LogP contribution in [0.15, 0.2) is 42.5 Å². The normalized spacial score (nSPS) is 23.1. The molecule has 4 atom stereocenters. The van der Waals surface area contributed by atoms with Crippen LogP contribution in [0.3, 0.4) is 0 Å². The Bertz CT molecular complexity index is 1350. The minimum absolute atomic E-state index is 0.0151. The van der Waals surface area contributed by atoms with Crippen molar-refractivity contribution in [3.8, 4) is 11.6 Å². The second-order valence-electron chi connectivity index (χ2n) is 9.54. The zero-order chi connectivity index (χ0) is 28.5. The monoisotopic (exact) mass is 550 g/mol. The number of rotatable bonds is 8. The van der Waals surface area contributed by atoms with E-state index in [0.29, 0.717) is 17.5 Å². The van der Waals surface area contributed by atoms with Crippen molar-refractivity contribution in [2.45, 2.75) is 57.6 Å². The summed E-state index contributed by atoms with van der Waals surface area (Å²) >= 11 is 0. The van der Waals surface area contributed by atoms with Crippen LogP contribution in [0, 0.1) is 24.5 Å². The molecule has 3 aromatic rings. The highest BCUT2D eigenvalue weighted by Gasteiger charge is 2.65. The third-order valence-electron chi connectivity index (χ3n) is 7.27. The largest absolute Gasteiger partial charge is 0.493 e. The average Bonchev–Trinajstić information content (AvgIpc) is 3.18. The van der Waals surface area contributed by atoms with Gasteiger partial charge in [-0.25, -0.2) is 9.37 Å². The summed E-state index contributed by atoms with van der Waals surface area (Å²) in [5.74, 6) is -5.66. The fourth-order valence-electron chi connectivity index (χ4n) is 4.92. The van der Waals surface area contributed by atoms with Gasteiger partial charge in [-0.05, 0) is 25.5 Å². The van der Waals surface area contributed by atoms with Crippen LogP contribution < -0.4 is 9.47 Å². The first-order valence-corrected chi connectivity index (χ1v) is 12.2. The Kier molecular flexibility index (Phi) is 7.92. The van der Waals surface area contributed by atoms with Crippen molar-refractivity contribution >= 4 is 6.29 Å². The number of nitrogens with zero attached hydrogens (tertiary/aromatic N) is 2. The Balaban J connectivity index is 1.86. The molecule has 1 saturated heterocycles. The molecule has 1 aromatic heterocycles. The zero-order valence-electron chi connectivity index (χ0n) is 21.7. The van der Waals surface area contributed by atoms with Crippen LogP contribution in [0.4, 0.5) is 22.0 Å². The lowest BCUT2D eigenvalue weighted by Crippen LogP contribution is -2.46. The summed E-state index contributed by atoms with van der Waals surface area (Å²) in [6.45, 7) is 3.87. The molecule has 0 saturated carbocycles. The third kappa shape index (κ3) is 5.19. The Morgan fingerprint density at radius 2 is 1.79 bits per heavy atom. The summed E-state index contributed by atoms with van der Waals surface area (Å²) in [4.78, 5) is 20.2. The summed E-state index contributed by atoms with van der Waals surface area (Å²) in [5, 5.41) is 0. The topological polar surface area (TPSA) is 70.5 Å². The van der Waals surface area contributed by atoms with Gasteiger partial charge in [0.05, 0.1) is 7.11 Å². The molecular weight excluding hydrogens is 523 g/mol. The van der Waals surface area contributed by atoms with Gasteiger partial charge < -0.3 is 19.0 Å². The molecule has 1 aliphatic heterocycles. The molecule has 39 heavy (non-hydrogen) atoms. The van der Waals surface area contributed by atoms with Crippen molar-refractivity contribution in [2.24, 2.45) is 5.92 Å².